The van der Waals surface area contributed by atoms with Crippen molar-refractivity contribution in [3.05, 3.63) is 77.4 Å². The van der Waals surface area contributed by atoms with Gasteiger partial charge in [0.15, 0.2) is 0 Å². The molecule has 0 radical (unpaired) electrons. The Bertz CT molecular complexity index is 521. The highest BCUT2D eigenvalue weighted by atomic mass is 14.0. The van der Waals surface area contributed by atoms with E-state index in [1.54, 1.807) is 0 Å². The highest BCUT2D eigenvalue weighted by Crippen LogP contribution is 2.17. The minimum absolute atomic E-state index is 0.654. The molecule has 0 N–H and O–H groups in total. The van der Waals surface area contributed by atoms with Crippen LogP contribution in [0.4, 0.5) is 0 Å². The van der Waals surface area contributed by atoms with Gasteiger partial charge in [0.2, 0.25) is 0 Å². The molecular formula is C19H24. The molecule has 0 aliphatic heterocycles. The molecule has 0 saturated carbocycles. The minimum Gasteiger partial charge on any atom is -0.0985 e. The van der Waals surface area contributed by atoms with E-state index in [0.717, 1.165) is 0 Å². The van der Waals surface area contributed by atoms with E-state index in [-0.39, 0.29) is 0 Å². The number of aryl methyl sites for hydroxylation is 2. The highest BCUT2D eigenvalue weighted by Gasteiger charge is 1.99. The Hall–Kier alpha value is -1.82. The second-order valence-corrected chi connectivity index (χ2v) is 5.07. The van der Waals surface area contributed by atoms with Crippen molar-refractivity contribution in [1.29, 1.82) is 0 Å². The van der Waals surface area contributed by atoms with Crippen LogP contribution in [0.15, 0.2) is 55.1 Å². The van der Waals surface area contributed by atoms with Crippen LogP contribution in [0.25, 0.3) is 6.08 Å². The number of rotatable bonds is 2. The normalized spacial score (nSPS) is 9.74. The van der Waals surface area contributed by atoms with Crippen molar-refractivity contribution < 1.29 is 0 Å². The summed E-state index contributed by atoms with van der Waals surface area (Å²) in [5.74, 6) is 0.654. The summed E-state index contributed by atoms with van der Waals surface area (Å²) in [7, 11) is 0. The summed E-state index contributed by atoms with van der Waals surface area (Å²) in [5, 5.41) is 0. The van der Waals surface area contributed by atoms with Crippen molar-refractivity contribution in [2.45, 2.75) is 33.6 Å². The quantitative estimate of drug-likeness (QED) is 0.637. The second-order valence-electron chi connectivity index (χ2n) is 5.07. The average molecular weight is 252 g/mol. The van der Waals surface area contributed by atoms with Gasteiger partial charge in [-0.05, 0) is 42.0 Å². The molecular weight excluding hydrogens is 228 g/mol. The Morgan fingerprint density at radius 3 is 1.74 bits per heavy atom. The topological polar surface area (TPSA) is 0 Å². The van der Waals surface area contributed by atoms with Gasteiger partial charge < -0.3 is 0 Å². The third kappa shape index (κ3) is 4.75. The lowest BCUT2D eigenvalue weighted by Crippen LogP contribution is -1.89. The summed E-state index contributed by atoms with van der Waals surface area (Å²) in [6, 6.07) is 16.7. The molecule has 0 nitrogen and oxygen atoms in total. The minimum atomic E-state index is 0.654. The van der Waals surface area contributed by atoms with E-state index >= 15 is 0 Å². The van der Waals surface area contributed by atoms with Crippen molar-refractivity contribution in [2.75, 3.05) is 0 Å². The molecule has 2 rings (SSSR count). The first-order valence-electron chi connectivity index (χ1n) is 6.79. The molecule has 0 aliphatic carbocycles. The second kappa shape index (κ2) is 7.58. The number of hydrogen-bond donors (Lipinski definition) is 0. The molecule has 0 heterocycles. The molecule has 100 valence electrons. The molecule has 2 aromatic carbocycles. The van der Waals surface area contributed by atoms with Crippen LogP contribution in [-0.2, 0) is 0 Å². The zero-order valence-corrected chi connectivity index (χ0v) is 12.5. The summed E-state index contributed by atoms with van der Waals surface area (Å²) < 4.78 is 0. The van der Waals surface area contributed by atoms with Gasteiger partial charge in [0, 0.05) is 0 Å². The summed E-state index contributed by atoms with van der Waals surface area (Å²) in [6.07, 6.45) is 1.87. The van der Waals surface area contributed by atoms with Gasteiger partial charge in [-0.2, -0.15) is 0 Å². The average Bonchev–Trinajstić information content (AvgIpc) is 2.40. The van der Waals surface area contributed by atoms with E-state index in [1.165, 1.54) is 22.3 Å². The SMILES string of the molecule is C=Cc1ccccc1C.Cc1ccccc1C(C)C. The van der Waals surface area contributed by atoms with Gasteiger partial charge in [-0.15, -0.1) is 0 Å². The predicted molar refractivity (Wildman–Crippen MR) is 86.5 cm³/mol. The lowest BCUT2D eigenvalue weighted by atomic mass is 9.99. The molecule has 0 amide bonds. The fourth-order valence-electron chi connectivity index (χ4n) is 2.05. The summed E-state index contributed by atoms with van der Waals surface area (Å²) >= 11 is 0. The molecule has 0 unspecified atom stereocenters. The van der Waals surface area contributed by atoms with Crippen LogP contribution < -0.4 is 0 Å². The van der Waals surface area contributed by atoms with E-state index in [1.807, 2.05) is 18.2 Å². The molecule has 0 saturated heterocycles. The van der Waals surface area contributed by atoms with Gasteiger partial charge in [0.05, 0.1) is 0 Å². The Morgan fingerprint density at radius 2 is 1.37 bits per heavy atom. The summed E-state index contributed by atoms with van der Waals surface area (Å²) in [5.41, 5.74) is 5.37. The van der Waals surface area contributed by atoms with E-state index in [0.29, 0.717) is 5.92 Å². The van der Waals surface area contributed by atoms with Gasteiger partial charge in [-0.1, -0.05) is 75.0 Å². The van der Waals surface area contributed by atoms with Crippen LogP contribution in [0.3, 0.4) is 0 Å². The van der Waals surface area contributed by atoms with Gasteiger partial charge >= 0.3 is 0 Å². The smallest absolute Gasteiger partial charge is 0.0216 e. The van der Waals surface area contributed by atoms with Crippen molar-refractivity contribution in [3.8, 4) is 0 Å². The van der Waals surface area contributed by atoms with E-state index < -0.39 is 0 Å². The van der Waals surface area contributed by atoms with Gasteiger partial charge in [-0.3, -0.25) is 0 Å². The van der Waals surface area contributed by atoms with E-state index in [4.69, 9.17) is 0 Å². The van der Waals surface area contributed by atoms with Gasteiger partial charge in [0.25, 0.3) is 0 Å². The molecule has 0 aromatic heterocycles. The molecule has 0 bridgehead atoms. The Labute approximate surface area is 117 Å². The van der Waals surface area contributed by atoms with Crippen molar-refractivity contribution in [1.82, 2.24) is 0 Å². The maximum Gasteiger partial charge on any atom is -0.0216 e. The lowest BCUT2D eigenvalue weighted by Gasteiger charge is -2.07. The number of benzene rings is 2. The summed E-state index contributed by atoms with van der Waals surface area (Å²) in [4.78, 5) is 0. The van der Waals surface area contributed by atoms with Crippen LogP contribution in [-0.4, -0.2) is 0 Å². The largest absolute Gasteiger partial charge is 0.0985 e. The van der Waals surface area contributed by atoms with Gasteiger partial charge in [0.1, 0.15) is 0 Å². The monoisotopic (exact) mass is 252 g/mol. The third-order valence-corrected chi connectivity index (χ3v) is 3.22. The fraction of sp³-hybridized carbons (Fsp3) is 0.263. The molecule has 0 heteroatoms. The maximum absolute atomic E-state index is 3.69. The molecule has 0 fully saturated rings. The molecule has 0 atom stereocenters. The van der Waals surface area contributed by atoms with Crippen LogP contribution in [0, 0.1) is 13.8 Å². The molecule has 19 heavy (non-hydrogen) atoms. The lowest BCUT2D eigenvalue weighted by molar-refractivity contribution is 0.856. The Balaban J connectivity index is 0.000000191. The van der Waals surface area contributed by atoms with Crippen LogP contribution >= 0.6 is 0 Å². The summed E-state index contributed by atoms with van der Waals surface area (Å²) in [6.45, 7) is 12.4. The van der Waals surface area contributed by atoms with Crippen LogP contribution in [0.5, 0.6) is 0 Å². The van der Waals surface area contributed by atoms with E-state index in [9.17, 15) is 0 Å². The zero-order valence-electron chi connectivity index (χ0n) is 12.5. The maximum atomic E-state index is 3.69. The first kappa shape index (κ1) is 15.2. The molecule has 2 aromatic rings. The van der Waals surface area contributed by atoms with Crippen molar-refractivity contribution >= 4 is 6.08 Å². The highest BCUT2D eigenvalue weighted by molar-refractivity contribution is 5.50. The molecule has 0 aliphatic rings. The zero-order chi connectivity index (χ0) is 14.3. The van der Waals surface area contributed by atoms with Crippen LogP contribution in [0.2, 0.25) is 0 Å². The Kier molecular flexibility index (Phi) is 6.08. The first-order chi connectivity index (χ1) is 9.06. The third-order valence-electron chi connectivity index (χ3n) is 3.22. The van der Waals surface area contributed by atoms with Crippen LogP contribution in [0.1, 0.15) is 42.0 Å². The molecule has 0 spiro atoms. The van der Waals surface area contributed by atoms with Crippen molar-refractivity contribution in [2.24, 2.45) is 0 Å². The standard InChI is InChI=1S/C10H14.C9H10/c1-8(2)10-7-5-4-6-9(10)3;1-3-9-7-5-4-6-8(9)2/h4-8H,1-3H3;3-7H,1H2,2H3. The Morgan fingerprint density at radius 1 is 0.842 bits per heavy atom. The van der Waals surface area contributed by atoms with E-state index in [2.05, 4.69) is 70.7 Å². The fourth-order valence-corrected chi connectivity index (χ4v) is 2.05. The van der Waals surface area contributed by atoms with Gasteiger partial charge in [-0.25, -0.2) is 0 Å². The van der Waals surface area contributed by atoms with Crippen molar-refractivity contribution in [3.63, 3.8) is 0 Å². The number of hydrogen-bond acceptors (Lipinski definition) is 0. The predicted octanol–water partition coefficient (Wildman–Crippen LogP) is 5.76. The first-order valence-corrected chi connectivity index (χ1v) is 6.79.